The first-order valence-electron chi connectivity index (χ1n) is 11.3. The van der Waals surface area contributed by atoms with Crippen LogP contribution in [0.4, 0.5) is 20.4 Å². The van der Waals surface area contributed by atoms with Crippen LogP contribution in [0, 0.1) is 18.8 Å². The number of benzene rings is 1. The van der Waals surface area contributed by atoms with E-state index in [-0.39, 0.29) is 23.5 Å². The lowest BCUT2D eigenvalue weighted by Crippen LogP contribution is -2.24. The van der Waals surface area contributed by atoms with Crippen molar-refractivity contribution < 1.29 is 18.7 Å². The van der Waals surface area contributed by atoms with E-state index >= 15 is 0 Å². The van der Waals surface area contributed by atoms with Gasteiger partial charge >= 0.3 is 5.97 Å². The van der Waals surface area contributed by atoms with Crippen LogP contribution in [0.1, 0.15) is 62.0 Å². The second-order valence-electron chi connectivity index (χ2n) is 8.89. The largest absolute Gasteiger partial charge is 0.481 e. The van der Waals surface area contributed by atoms with E-state index in [2.05, 4.69) is 32.2 Å². The summed E-state index contributed by atoms with van der Waals surface area (Å²) in [6.45, 7) is 4.04. The molecule has 0 aliphatic heterocycles. The normalized spacial score (nSPS) is 19.1. The number of aliphatic carboxylic acids is 1. The zero-order chi connectivity index (χ0) is 24.2. The summed E-state index contributed by atoms with van der Waals surface area (Å²) < 4.78 is 25.9. The molecular formula is C25H27F2N5O2. The summed E-state index contributed by atoms with van der Waals surface area (Å²) in [6, 6.07) is 6.94. The van der Waals surface area contributed by atoms with Crippen LogP contribution in [0.2, 0.25) is 0 Å². The zero-order valence-electron chi connectivity index (χ0n) is 19.1. The maximum absolute atomic E-state index is 12.9. The van der Waals surface area contributed by atoms with Crippen molar-refractivity contribution in [3.8, 4) is 11.1 Å². The first kappa shape index (κ1) is 23.7. The van der Waals surface area contributed by atoms with Crippen LogP contribution in [-0.4, -0.2) is 31.0 Å². The van der Waals surface area contributed by atoms with Crippen molar-refractivity contribution in [2.24, 2.45) is 11.8 Å². The quantitative estimate of drug-likeness (QED) is 0.445. The zero-order valence-corrected chi connectivity index (χ0v) is 19.1. The fourth-order valence-corrected chi connectivity index (χ4v) is 4.50. The molecular weight excluding hydrogens is 440 g/mol. The summed E-state index contributed by atoms with van der Waals surface area (Å²) in [5, 5.41) is 12.2. The number of nitrogens with one attached hydrogen (secondary N) is 1. The van der Waals surface area contributed by atoms with Crippen molar-refractivity contribution in [3.05, 3.63) is 59.9 Å². The topological polar surface area (TPSA) is 101 Å². The molecule has 0 bridgehead atoms. The number of halogens is 2. The van der Waals surface area contributed by atoms with Gasteiger partial charge in [0.25, 0.3) is 6.43 Å². The van der Waals surface area contributed by atoms with Crippen LogP contribution < -0.4 is 5.32 Å². The number of rotatable bonds is 7. The number of hydrogen-bond acceptors (Lipinski definition) is 6. The molecule has 1 saturated carbocycles. The molecule has 4 rings (SSSR count). The van der Waals surface area contributed by atoms with Gasteiger partial charge in [0.2, 0.25) is 5.95 Å². The van der Waals surface area contributed by atoms with E-state index in [9.17, 15) is 18.7 Å². The third kappa shape index (κ3) is 5.52. The number of aromatic nitrogens is 4. The number of aryl methyl sites for hydroxylation is 1. The molecule has 2 heterocycles. The van der Waals surface area contributed by atoms with Crippen LogP contribution in [0.3, 0.4) is 0 Å². The SMILES string of the molecule is Cc1cc(Nc2nccc(C(F)F)n2)cc(-c2cnc([C@@H](C)C3CCC(C(=O)O)CC3)nc2)c1. The molecule has 2 aromatic heterocycles. The number of carbonyl (C=O) groups is 1. The molecule has 9 heteroatoms. The van der Waals surface area contributed by atoms with E-state index in [1.807, 2.05) is 25.1 Å². The Hall–Kier alpha value is -3.49. The highest BCUT2D eigenvalue weighted by Crippen LogP contribution is 2.37. The van der Waals surface area contributed by atoms with Crippen molar-refractivity contribution >= 4 is 17.6 Å². The maximum Gasteiger partial charge on any atom is 0.306 e. The number of carboxylic acid groups (broad SMARTS) is 1. The predicted molar refractivity (Wildman–Crippen MR) is 124 cm³/mol. The summed E-state index contributed by atoms with van der Waals surface area (Å²) in [4.78, 5) is 28.3. The summed E-state index contributed by atoms with van der Waals surface area (Å²) in [5.74, 6) is 0.447. The first-order chi connectivity index (χ1) is 16.3. The summed E-state index contributed by atoms with van der Waals surface area (Å²) in [5.41, 5.74) is 3.03. The molecule has 1 aromatic carbocycles. The van der Waals surface area contributed by atoms with Gasteiger partial charge in [0.1, 0.15) is 11.5 Å². The van der Waals surface area contributed by atoms with Gasteiger partial charge in [-0.15, -0.1) is 0 Å². The molecule has 0 saturated heterocycles. The molecule has 34 heavy (non-hydrogen) atoms. The highest BCUT2D eigenvalue weighted by molar-refractivity contribution is 5.70. The number of carboxylic acids is 1. The van der Waals surface area contributed by atoms with E-state index in [4.69, 9.17) is 0 Å². The number of anilines is 2. The van der Waals surface area contributed by atoms with E-state index in [1.165, 1.54) is 12.3 Å². The average molecular weight is 468 g/mol. The van der Waals surface area contributed by atoms with Gasteiger partial charge in [-0.3, -0.25) is 4.79 Å². The molecule has 1 aliphatic carbocycles. The van der Waals surface area contributed by atoms with E-state index in [1.54, 1.807) is 12.4 Å². The predicted octanol–water partition coefficient (Wildman–Crippen LogP) is 5.92. The summed E-state index contributed by atoms with van der Waals surface area (Å²) in [7, 11) is 0. The maximum atomic E-state index is 12.9. The third-order valence-corrected chi connectivity index (χ3v) is 6.47. The van der Waals surface area contributed by atoms with Crippen LogP contribution in [0.15, 0.2) is 42.9 Å². The highest BCUT2D eigenvalue weighted by atomic mass is 19.3. The molecule has 178 valence electrons. The molecule has 0 spiro atoms. The Kier molecular flexibility index (Phi) is 7.09. The fourth-order valence-electron chi connectivity index (χ4n) is 4.50. The van der Waals surface area contributed by atoms with Gasteiger partial charge in [-0.1, -0.05) is 13.0 Å². The lowest BCUT2D eigenvalue weighted by Gasteiger charge is -2.29. The van der Waals surface area contributed by atoms with Gasteiger partial charge < -0.3 is 10.4 Å². The van der Waals surface area contributed by atoms with Gasteiger partial charge in [0, 0.05) is 35.8 Å². The van der Waals surface area contributed by atoms with Crippen molar-refractivity contribution in [1.82, 2.24) is 19.9 Å². The molecule has 1 fully saturated rings. The van der Waals surface area contributed by atoms with E-state index in [0.717, 1.165) is 35.4 Å². The van der Waals surface area contributed by atoms with Crippen LogP contribution in [-0.2, 0) is 4.79 Å². The minimum atomic E-state index is -2.66. The van der Waals surface area contributed by atoms with Gasteiger partial charge in [-0.25, -0.2) is 28.7 Å². The van der Waals surface area contributed by atoms with Crippen molar-refractivity contribution in [1.29, 1.82) is 0 Å². The Morgan fingerprint density at radius 3 is 2.41 bits per heavy atom. The molecule has 3 aromatic rings. The van der Waals surface area contributed by atoms with Crippen LogP contribution in [0.5, 0.6) is 0 Å². The van der Waals surface area contributed by atoms with Crippen LogP contribution >= 0.6 is 0 Å². The smallest absolute Gasteiger partial charge is 0.306 e. The minimum absolute atomic E-state index is 0.104. The van der Waals surface area contributed by atoms with Gasteiger partial charge in [-0.05, 0) is 67.9 Å². The molecule has 0 unspecified atom stereocenters. The summed E-state index contributed by atoms with van der Waals surface area (Å²) >= 11 is 0. The molecule has 0 amide bonds. The second-order valence-corrected chi connectivity index (χ2v) is 8.89. The van der Waals surface area contributed by atoms with Gasteiger partial charge in [0.05, 0.1) is 5.92 Å². The fraction of sp³-hybridized carbons (Fsp3) is 0.400. The van der Waals surface area contributed by atoms with Crippen molar-refractivity contribution in [2.45, 2.75) is 51.9 Å². The Morgan fingerprint density at radius 2 is 1.76 bits per heavy atom. The van der Waals surface area contributed by atoms with Crippen molar-refractivity contribution in [2.75, 3.05) is 5.32 Å². The molecule has 1 aliphatic rings. The lowest BCUT2D eigenvalue weighted by molar-refractivity contribution is -0.143. The van der Waals surface area contributed by atoms with Crippen molar-refractivity contribution in [3.63, 3.8) is 0 Å². The molecule has 7 nitrogen and oxygen atoms in total. The monoisotopic (exact) mass is 467 g/mol. The summed E-state index contributed by atoms with van der Waals surface area (Å²) in [6.07, 6.45) is 5.34. The third-order valence-electron chi connectivity index (χ3n) is 6.47. The Morgan fingerprint density at radius 1 is 1.06 bits per heavy atom. The molecule has 1 atom stereocenters. The first-order valence-corrected chi connectivity index (χ1v) is 11.3. The Bertz CT molecular complexity index is 1150. The lowest BCUT2D eigenvalue weighted by atomic mass is 9.76. The van der Waals surface area contributed by atoms with Gasteiger partial charge in [0.15, 0.2) is 0 Å². The van der Waals surface area contributed by atoms with E-state index in [0.29, 0.717) is 24.4 Å². The Labute approximate surface area is 196 Å². The van der Waals surface area contributed by atoms with E-state index < -0.39 is 12.4 Å². The number of alkyl halides is 2. The minimum Gasteiger partial charge on any atom is -0.481 e. The van der Waals surface area contributed by atoms with Crippen LogP contribution in [0.25, 0.3) is 11.1 Å². The second kappa shape index (κ2) is 10.2. The number of hydrogen-bond donors (Lipinski definition) is 2. The molecule has 0 radical (unpaired) electrons. The highest BCUT2D eigenvalue weighted by Gasteiger charge is 2.30. The molecule has 2 N–H and O–H groups in total. The Balaban J connectivity index is 1.48. The average Bonchev–Trinajstić information content (AvgIpc) is 2.83. The van der Waals surface area contributed by atoms with Gasteiger partial charge in [-0.2, -0.15) is 0 Å². The standard InChI is InChI=1S/C25H27F2N5O2/c1-14-9-18(11-20(10-14)31-25-28-8-7-21(32-25)22(26)27)19-12-29-23(30-13-19)15(2)16-3-5-17(6-4-16)24(33)34/h7-13,15-17,22H,3-6H2,1-2H3,(H,33,34)(H,28,31,32)/t15-,16?,17?/m0/s1. The number of nitrogens with zero attached hydrogens (tertiary/aromatic N) is 4.